The second kappa shape index (κ2) is 5.37. The molecule has 1 N–H and O–H groups in total. The molecule has 84 valence electrons. The smallest absolute Gasteiger partial charge is 0.256 e. The van der Waals surface area contributed by atoms with E-state index in [1.807, 2.05) is 0 Å². The number of nitrogens with one attached hydrogen (secondary N) is 1. The van der Waals surface area contributed by atoms with Crippen molar-refractivity contribution in [3.8, 4) is 5.75 Å². The molecule has 2 aromatic rings. The highest BCUT2D eigenvalue weighted by Gasteiger charge is 2.04. The summed E-state index contributed by atoms with van der Waals surface area (Å²) < 4.78 is 5.11. The van der Waals surface area contributed by atoms with Gasteiger partial charge < -0.3 is 9.72 Å². The second-order valence-corrected chi connectivity index (χ2v) is 3.31. The van der Waals surface area contributed by atoms with Gasteiger partial charge >= 0.3 is 0 Å². The Morgan fingerprint density at radius 1 is 1.31 bits per heavy atom. The van der Waals surface area contributed by atoms with Crippen molar-refractivity contribution in [3.63, 3.8) is 0 Å². The van der Waals surface area contributed by atoms with E-state index in [4.69, 9.17) is 16.3 Å². The van der Waals surface area contributed by atoms with Crippen molar-refractivity contribution in [2.75, 3.05) is 7.11 Å². The third-order valence-corrected chi connectivity index (χ3v) is 2.28. The number of hydrogen-bond donors (Lipinski definition) is 1. The summed E-state index contributed by atoms with van der Waals surface area (Å²) in [5, 5.41) is 1.84. The second-order valence-electron chi connectivity index (χ2n) is 2.88. The minimum absolute atomic E-state index is 0.164. The first-order valence-corrected chi connectivity index (χ1v) is 4.95. The van der Waals surface area contributed by atoms with Crippen molar-refractivity contribution >= 4 is 22.4 Å². The lowest BCUT2D eigenvalue weighted by Crippen LogP contribution is -2.05. The molecule has 0 saturated carbocycles. The van der Waals surface area contributed by atoms with Gasteiger partial charge in [-0.2, -0.15) is 0 Å². The van der Waals surface area contributed by atoms with Crippen LogP contribution in [0.2, 0.25) is 5.02 Å². The molecule has 16 heavy (non-hydrogen) atoms. The molecule has 2 rings (SSSR count). The highest BCUT2D eigenvalue weighted by Crippen LogP contribution is 2.23. The molecule has 0 aliphatic rings. The average molecular weight is 238 g/mol. The summed E-state index contributed by atoms with van der Waals surface area (Å²) in [6.07, 6.45) is 1.54. The normalized spacial score (nSPS) is 9.38. The van der Waals surface area contributed by atoms with Crippen LogP contribution in [-0.4, -0.2) is 12.1 Å². The molecule has 0 amide bonds. The highest BCUT2D eigenvalue weighted by atomic mass is 35.5. The van der Waals surface area contributed by atoms with Gasteiger partial charge in [0, 0.05) is 16.6 Å². The summed E-state index contributed by atoms with van der Waals surface area (Å²) in [5.74, 6) is 0.635. The number of ether oxygens (including phenoxy) is 1. The number of halogens is 1. The van der Waals surface area contributed by atoms with Crippen LogP contribution in [0, 0.1) is 0 Å². The van der Waals surface area contributed by atoms with E-state index in [1.54, 1.807) is 31.5 Å². The summed E-state index contributed by atoms with van der Waals surface area (Å²) in [6.45, 7) is 6.00. The molecular weight excluding hydrogens is 226 g/mol. The van der Waals surface area contributed by atoms with E-state index in [2.05, 4.69) is 18.1 Å². The Bertz CT molecular complexity index is 548. The number of benzene rings is 1. The van der Waals surface area contributed by atoms with Crippen LogP contribution in [0.5, 0.6) is 5.75 Å². The monoisotopic (exact) mass is 237 g/mol. The number of H-pyrrole nitrogens is 1. The molecule has 0 radical (unpaired) electrons. The summed E-state index contributed by atoms with van der Waals surface area (Å²) >= 11 is 5.79. The fourth-order valence-electron chi connectivity index (χ4n) is 1.37. The Morgan fingerprint density at radius 2 is 2.00 bits per heavy atom. The van der Waals surface area contributed by atoms with E-state index < -0.39 is 0 Å². The van der Waals surface area contributed by atoms with Crippen LogP contribution >= 0.6 is 11.6 Å². The van der Waals surface area contributed by atoms with Gasteiger partial charge in [0.25, 0.3) is 5.56 Å². The maximum Gasteiger partial charge on any atom is 0.256 e. The van der Waals surface area contributed by atoms with Gasteiger partial charge in [-0.15, -0.1) is 13.2 Å². The van der Waals surface area contributed by atoms with Crippen LogP contribution in [-0.2, 0) is 0 Å². The van der Waals surface area contributed by atoms with E-state index >= 15 is 0 Å². The minimum atomic E-state index is -0.164. The van der Waals surface area contributed by atoms with Crippen LogP contribution in [0.4, 0.5) is 0 Å². The van der Waals surface area contributed by atoms with Gasteiger partial charge in [0.15, 0.2) is 0 Å². The van der Waals surface area contributed by atoms with E-state index in [0.717, 1.165) is 5.39 Å². The van der Waals surface area contributed by atoms with Crippen molar-refractivity contribution < 1.29 is 4.74 Å². The van der Waals surface area contributed by atoms with E-state index in [-0.39, 0.29) is 5.56 Å². The van der Waals surface area contributed by atoms with Crippen LogP contribution in [0.25, 0.3) is 10.8 Å². The predicted molar refractivity (Wildman–Crippen MR) is 67.4 cm³/mol. The fourth-order valence-corrected chi connectivity index (χ4v) is 1.55. The van der Waals surface area contributed by atoms with Gasteiger partial charge in [0.2, 0.25) is 0 Å². The summed E-state index contributed by atoms with van der Waals surface area (Å²) in [4.78, 5) is 14.0. The number of pyridine rings is 1. The number of rotatable bonds is 1. The molecule has 0 bridgehead atoms. The van der Waals surface area contributed by atoms with Crippen LogP contribution in [0.15, 0.2) is 42.3 Å². The maximum atomic E-state index is 11.4. The molecule has 0 atom stereocenters. The lowest BCUT2D eigenvalue weighted by atomic mass is 10.1. The van der Waals surface area contributed by atoms with E-state index in [1.165, 1.54) is 0 Å². The molecule has 1 aromatic heterocycles. The van der Waals surface area contributed by atoms with Gasteiger partial charge in [-0.1, -0.05) is 11.6 Å². The molecule has 0 fully saturated rings. The first-order chi connectivity index (χ1) is 7.72. The van der Waals surface area contributed by atoms with Crippen molar-refractivity contribution in [2.24, 2.45) is 0 Å². The minimum Gasteiger partial charge on any atom is -0.495 e. The number of methoxy groups -OCH3 is 1. The first-order valence-electron chi connectivity index (χ1n) is 4.57. The molecule has 1 heterocycles. The van der Waals surface area contributed by atoms with Gasteiger partial charge in [0.1, 0.15) is 5.75 Å². The molecule has 0 aliphatic heterocycles. The molecule has 0 saturated heterocycles. The van der Waals surface area contributed by atoms with Crippen molar-refractivity contribution in [1.82, 2.24) is 4.98 Å². The topological polar surface area (TPSA) is 42.1 Å². The lowest BCUT2D eigenvalue weighted by Gasteiger charge is -2.03. The summed E-state index contributed by atoms with van der Waals surface area (Å²) in [5.41, 5.74) is -0.164. The zero-order chi connectivity index (χ0) is 12.1. The standard InChI is InChI=1S/C10H8ClNO2.C2H4/c1-14-9-5-12-10(13)8-4-6(11)2-3-7(8)9;1-2/h2-5H,1H3,(H,12,13);1-2H2. The third kappa shape index (κ3) is 2.25. The number of aromatic nitrogens is 1. The van der Waals surface area contributed by atoms with Crippen molar-refractivity contribution in [2.45, 2.75) is 0 Å². The van der Waals surface area contributed by atoms with Gasteiger partial charge in [-0.3, -0.25) is 4.79 Å². The zero-order valence-corrected chi connectivity index (χ0v) is 9.67. The van der Waals surface area contributed by atoms with Crippen LogP contribution in [0.1, 0.15) is 0 Å². The number of hydrogen-bond acceptors (Lipinski definition) is 2. The van der Waals surface area contributed by atoms with E-state index in [9.17, 15) is 4.79 Å². The van der Waals surface area contributed by atoms with Gasteiger partial charge in [-0.25, -0.2) is 0 Å². The largest absolute Gasteiger partial charge is 0.495 e. The number of fused-ring (bicyclic) bond motifs is 1. The molecule has 4 heteroatoms. The quantitative estimate of drug-likeness (QED) is 0.775. The Hall–Kier alpha value is -1.74. The zero-order valence-electron chi connectivity index (χ0n) is 8.92. The van der Waals surface area contributed by atoms with Crippen LogP contribution in [0.3, 0.4) is 0 Å². The molecule has 1 aromatic carbocycles. The van der Waals surface area contributed by atoms with Crippen molar-refractivity contribution in [1.29, 1.82) is 0 Å². The molecule has 0 spiro atoms. The lowest BCUT2D eigenvalue weighted by molar-refractivity contribution is 0.418. The summed E-state index contributed by atoms with van der Waals surface area (Å²) in [7, 11) is 1.56. The molecule has 0 aliphatic carbocycles. The fraction of sp³-hybridized carbons (Fsp3) is 0.0833. The van der Waals surface area contributed by atoms with Gasteiger partial charge in [0.05, 0.1) is 12.5 Å². The Kier molecular flexibility index (Phi) is 4.14. The first kappa shape index (κ1) is 12.3. The molecule has 3 nitrogen and oxygen atoms in total. The van der Waals surface area contributed by atoms with Gasteiger partial charge in [-0.05, 0) is 18.2 Å². The highest BCUT2D eigenvalue weighted by molar-refractivity contribution is 6.31. The van der Waals surface area contributed by atoms with E-state index in [0.29, 0.717) is 16.2 Å². The Morgan fingerprint density at radius 3 is 2.62 bits per heavy atom. The number of aromatic amines is 1. The molecular formula is C12H12ClNO2. The maximum absolute atomic E-state index is 11.4. The summed E-state index contributed by atoms with van der Waals surface area (Å²) in [6, 6.07) is 5.12. The Labute approximate surface area is 98.3 Å². The predicted octanol–water partition coefficient (Wildman–Crippen LogP) is 2.99. The average Bonchev–Trinajstić information content (AvgIpc) is 2.33. The SMILES string of the molecule is C=C.COc1c[nH]c(=O)c2cc(Cl)ccc12. The Balaban J connectivity index is 0.000000606. The van der Waals surface area contributed by atoms with Crippen molar-refractivity contribution in [3.05, 3.63) is 52.9 Å². The third-order valence-electron chi connectivity index (χ3n) is 2.05. The molecule has 0 unspecified atom stereocenters. The van der Waals surface area contributed by atoms with Crippen LogP contribution < -0.4 is 10.3 Å².